The van der Waals surface area contributed by atoms with Crippen LogP contribution in [-0.4, -0.2) is 57.8 Å². The summed E-state index contributed by atoms with van der Waals surface area (Å²) < 4.78 is 34.9. The highest BCUT2D eigenvalue weighted by Gasteiger charge is 2.43. The van der Waals surface area contributed by atoms with E-state index < -0.39 is 23.8 Å². The van der Waals surface area contributed by atoms with Crippen LogP contribution in [0.1, 0.15) is 34.3 Å². The number of benzene rings is 1. The van der Waals surface area contributed by atoms with Gasteiger partial charge in [0.15, 0.2) is 0 Å². The summed E-state index contributed by atoms with van der Waals surface area (Å²) in [7, 11) is 0. The molecule has 2 N–H and O–H groups in total. The van der Waals surface area contributed by atoms with Crippen molar-refractivity contribution in [1.29, 1.82) is 0 Å². The third kappa shape index (κ3) is 4.01. The Kier molecular flexibility index (Phi) is 5.21. The third-order valence-electron chi connectivity index (χ3n) is 6.53. The van der Waals surface area contributed by atoms with Crippen molar-refractivity contribution in [3.63, 3.8) is 0 Å². The van der Waals surface area contributed by atoms with E-state index in [0.717, 1.165) is 31.9 Å². The van der Waals surface area contributed by atoms with Crippen LogP contribution in [-0.2, 0) is 0 Å². The van der Waals surface area contributed by atoms with Gasteiger partial charge in [0.2, 0.25) is 11.7 Å². The summed E-state index contributed by atoms with van der Waals surface area (Å²) in [4.78, 5) is 24.0. The van der Waals surface area contributed by atoms with E-state index in [4.69, 9.17) is 4.52 Å². The van der Waals surface area contributed by atoms with E-state index in [2.05, 4.69) is 30.7 Å². The number of pyridine rings is 1. The number of hydrogen-bond donors (Lipinski definition) is 2. The summed E-state index contributed by atoms with van der Waals surface area (Å²) in [5, 5.41) is 9.98. The van der Waals surface area contributed by atoms with Crippen LogP contribution in [0.2, 0.25) is 0 Å². The van der Waals surface area contributed by atoms with E-state index in [-0.39, 0.29) is 23.0 Å². The number of rotatable bonds is 5. The van der Waals surface area contributed by atoms with Crippen molar-refractivity contribution in [1.82, 2.24) is 24.8 Å². The van der Waals surface area contributed by atoms with E-state index in [1.807, 2.05) is 18.3 Å². The van der Waals surface area contributed by atoms with Gasteiger partial charge in [0.1, 0.15) is 23.3 Å². The number of carbonyl (C=O) groups excluding carboxylic acids is 1. The molecule has 2 fully saturated rings. The highest BCUT2D eigenvalue weighted by atomic mass is 19.1. The average Bonchev–Trinajstić information content (AvgIpc) is 3.25. The standard InChI is InChI=1S/C24H23F2N7O2/c1-13-17(25)8-14(22-30-24(35-31-22)16-10-18(16)26)9-19(13)29-23(34)20-11-28-21-3-2-15(12-33(20)21)32-6-4-27-5-7-32/h2-3,8-9,11-12,16,18,27H,4-7,10H2,1H3,(H,29,34)/t16-,18-/m1/s1. The Labute approximate surface area is 199 Å². The molecule has 11 heteroatoms. The normalized spacial score (nSPS) is 19.8. The summed E-state index contributed by atoms with van der Waals surface area (Å²) in [5.74, 6) is -1.01. The molecule has 1 aliphatic carbocycles. The zero-order chi connectivity index (χ0) is 24.1. The molecule has 1 amide bonds. The fourth-order valence-electron chi connectivity index (χ4n) is 4.29. The molecule has 1 saturated carbocycles. The first-order chi connectivity index (χ1) is 17.0. The molecule has 0 radical (unpaired) electrons. The van der Waals surface area contributed by atoms with Crippen LogP contribution >= 0.6 is 0 Å². The number of amides is 1. The quantitative estimate of drug-likeness (QED) is 0.453. The molecular formula is C24H23F2N7O2. The van der Waals surface area contributed by atoms with E-state index in [9.17, 15) is 13.6 Å². The maximum Gasteiger partial charge on any atom is 0.274 e. The van der Waals surface area contributed by atoms with Crippen LogP contribution in [0.4, 0.5) is 20.2 Å². The van der Waals surface area contributed by atoms with E-state index >= 15 is 0 Å². The predicted octanol–water partition coefficient (Wildman–Crippen LogP) is 3.32. The van der Waals surface area contributed by atoms with Crippen LogP contribution < -0.4 is 15.5 Å². The number of piperazine rings is 1. The minimum Gasteiger partial charge on any atom is -0.368 e. The number of alkyl halides is 1. The van der Waals surface area contributed by atoms with Gasteiger partial charge < -0.3 is 20.1 Å². The summed E-state index contributed by atoms with van der Waals surface area (Å²) in [5.41, 5.74) is 2.83. The van der Waals surface area contributed by atoms with Gasteiger partial charge in [0.05, 0.1) is 17.8 Å². The zero-order valence-corrected chi connectivity index (χ0v) is 19.0. The lowest BCUT2D eigenvalue weighted by atomic mass is 10.1. The lowest BCUT2D eigenvalue weighted by molar-refractivity contribution is 0.102. The lowest BCUT2D eigenvalue weighted by Gasteiger charge is -2.29. The van der Waals surface area contributed by atoms with Crippen molar-refractivity contribution in [2.45, 2.75) is 25.4 Å². The third-order valence-corrected chi connectivity index (χ3v) is 6.53. The number of nitrogens with one attached hydrogen (secondary N) is 2. The second-order valence-electron chi connectivity index (χ2n) is 8.90. The lowest BCUT2D eigenvalue weighted by Crippen LogP contribution is -2.43. The van der Waals surface area contributed by atoms with Gasteiger partial charge in [0, 0.05) is 49.2 Å². The first kappa shape index (κ1) is 21.7. The molecule has 1 aliphatic heterocycles. The van der Waals surface area contributed by atoms with Crippen molar-refractivity contribution in [3.05, 3.63) is 59.6 Å². The fraction of sp³-hybridized carbons (Fsp3) is 0.333. The van der Waals surface area contributed by atoms with Crippen molar-refractivity contribution >= 4 is 22.9 Å². The van der Waals surface area contributed by atoms with Gasteiger partial charge in [-0.2, -0.15) is 4.98 Å². The Morgan fingerprint density at radius 1 is 1.26 bits per heavy atom. The maximum absolute atomic E-state index is 14.7. The minimum atomic E-state index is -0.981. The van der Waals surface area contributed by atoms with Crippen molar-refractivity contribution < 1.29 is 18.1 Å². The Hall–Kier alpha value is -3.86. The molecular weight excluding hydrogens is 456 g/mol. The summed E-state index contributed by atoms with van der Waals surface area (Å²) in [6.07, 6.45) is 2.76. The molecule has 2 aliphatic rings. The van der Waals surface area contributed by atoms with E-state index in [0.29, 0.717) is 23.3 Å². The highest BCUT2D eigenvalue weighted by molar-refractivity contribution is 6.04. The maximum atomic E-state index is 14.7. The van der Waals surface area contributed by atoms with Crippen molar-refractivity contribution in [3.8, 4) is 11.4 Å². The summed E-state index contributed by atoms with van der Waals surface area (Å²) >= 11 is 0. The van der Waals surface area contributed by atoms with E-state index in [1.165, 1.54) is 12.3 Å². The number of carbonyl (C=O) groups is 1. The van der Waals surface area contributed by atoms with Gasteiger partial charge in [-0.1, -0.05) is 5.16 Å². The first-order valence-corrected chi connectivity index (χ1v) is 11.5. The topological polar surface area (TPSA) is 101 Å². The molecule has 180 valence electrons. The SMILES string of the molecule is Cc1c(F)cc(-c2noc([C@@H]3C[C@H]3F)n2)cc1NC(=O)c1cnc2ccc(N3CCNCC3)cn12. The number of halogens is 2. The van der Waals surface area contributed by atoms with Crippen LogP contribution in [0.25, 0.3) is 17.0 Å². The molecule has 1 aromatic carbocycles. The molecule has 0 unspecified atom stereocenters. The van der Waals surface area contributed by atoms with Crippen LogP contribution in [0.15, 0.2) is 41.2 Å². The molecule has 2 atom stereocenters. The molecule has 0 bridgehead atoms. The van der Waals surface area contributed by atoms with Crippen LogP contribution in [0, 0.1) is 12.7 Å². The second-order valence-corrected chi connectivity index (χ2v) is 8.90. The first-order valence-electron chi connectivity index (χ1n) is 11.5. The van der Waals surface area contributed by atoms with Gasteiger partial charge in [-0.05, 0) is 37.6 Å². The number of anilines is 2. The van der Waals surface area contributed by atoms with Gasteiger partial charge in [-0.15, -0.1) is 0 Å². The van der Waals surface area contributed by atoms with Crippen molar-refractivity contribution in [2.24, 2.45) is 0 Å². The monoisotopic (exact) mass is 479 g/mol. The predicted molar refractivity (Wildman–Crippen MR) is 125 cm³/mol. The fourth-order valence-corrected chi connectivity index (χ4v) is 4.29. The number of nitrogens with zero attached hydrogens (tertiary/aromatic N) is 5. The molecule has 1 saturated heterocycles. The average molecular weight is 479 g/mol. The molecule has 6 rings (SSSR count). The summed E-state index contributed by atoms with van der Waals surface area (Å²) in [6.45, 7) is 5.11. The smallest absolute Gasteiger partial charge is 0.274 e. The van der Waals surface area contributed by atoms with Gasteiger partial charge in [0.25, 0.3) is 5.91 Å². The second kappa shape index (κ2) is 8.42. The number of hydrogen-bond acceptors (Lipinski definition) is 7. The Balaban J connectivity index is 1.29. The number of imidazole rings is 1. The summed E-state index contributed by atoms with van der Waals surface area (Å²) in [6, 6.07) is 6.72. The van der Waals surface area contributed by atoms with Crippen molar-refractivity contribution in [2.75, 3.05) is 36.4 Å². The molecule has 4 heterocycles. The molecule has 9 nitrogen and oxygen atoms in total. The largest absolute Gasteiger partial charge is 0.368 e. The Morgan fingerprint density at radius 2 is 2.06 bits per heavy atom. The molecule has 3 aromatic heterocycles. The molecule has 4 aromatic rings. The number of aromatic nitrogens is 4. The van der Waals surface area contributed by atoms with Crippen LogP contribution in [0.5, 0.6) is 0 Å². The van der Waals surface area contributed by atoms with Gasteiger partial charge in [-0.25, -0.2) is 13.8 Å². The van der Waals surface area contributed by atoms with E-state index in [1.54, 1.807) is 17.4 Å². The highest BCUT2D eigenvalue weighted by Crippen LogP contribution is 2.43. The van der Waals surface area contributed by atoms with Gasteiger partial charge >= 0.3 is 0 Å². The minimum absolute atomic E-state index is 0.143. The molecule has 35 heavy (non-hydrogen) atoms. The van der Waals surface area contributed by atoms with Gasteiger partial charge in [-0.3, -0.25) is 9.20 Å². The van der Waals surface area contributed by atoms with Crippen LogP contribution in [0.3, 0.4) is 0 Å². The Bertz CT molecular complexity index is 1430. The molecule has 0 spiro atoms. The zero-order valence-electron chi connectivity index (χ0n) is 19.0. The Morgan fingerprint density at radius 3 is 2.83 bits per heavy atom. The number of fused-ring (bicyclic) bond motifs is 1.